The monoisotopic (exact) mass is 466 g/mol. The standard InChI is InChI=1S/C26H27FN2O3S/c1-19-13-14-33-24(19)16-28(15-20-7-9-21(27)10-8-20)25(30)17-29(22-11-12-22)26(31)18-32-23-5-3-2-4-6-23/h2-10,13-14,22H,11-12,15-18H2,1H3. The first-order valence-electron chi connectivity index (χ1n) is 11.0. The number of benzene rings is 2. The molecule has 1 aromatic heterocycles. The minimum Gasteiger partial charge on any atom is -0.484 e. The topological polar surface area (TPSA) is 49.9 Å². The second-order valence-electron chi connectivity index (χ2n) is 8.26. The minimum atomic E-state index is -0.311. The number of hydrogen-bond acceptors (Lipinski definition) is 4. The van der Waals surface area contributed by atoms with Crippen molar-refractivity contribution >= 4 is 23.2 Å². The Bertz CT molecular complexity index is 1080. The predicted molar refractivity (Wildman–Crippen MR) is 126 cm³/mol. The molecule has 0 radical (unpaired) electrons. The van der Waals surface area contributed by atoms with E-state index in [4.69, 9.17) is 4.74 Å². The summed E-state index contributed by atoms with van der Waals surface area (Å²) in [5.41, 5.74) is 1.97. The van der Waals surface area contributed by atoms with Crippen molar-refractivity contribution in [2.45, 2.75) is 38.9 Å². The first kappa shape index (κ1) is 23.0. The molecule has 1 fully saturated rings. The SMILES string of the molecule is Cc1ccsc1CN(Cc1ccc(F)cc1)C(=O)CN(C(=O)COc1ccccc1)C1CC1. The quantitative estimate of drug-likeness (QED) is 0.432. The molecule has 0 aliphatic heterocycles. The molecular weight excluding hydrogens is 439 g/mol. The Labute approximate surface area is 197 Å². The van der Waals surface area contributed by atoms with Crippen LogP contribution in [-0.2, 0) is 22.7 Å². The summed E-state index contributed by atoms with van der Waals surface area (Å²) in [5.74, 6) is -0.00972. The van der Waals surface area contributed by atoms with Crippen LogP contribution in [0.4, 0.5) is 4.39 Å². The van der Waals surface area contributed by atoms with E-state index >= 15 is 0 Å². The fraction of sp³-hybridized carbons (Fsp3) is 0.308. The highest BCUT2D eigenvalue weighted by Crippen LogP contribution is 2.28. The fourth-order valence-electron chi connectivity index (χ4n) is 3.58. The molecule has 33 heavy (non-hydrogen) atoms. The second-order valence-corrected chi connectivity index (χ2v) is 9.26. The molecule has 0 saturated heterocycles. The molecule has 1 saturated carbocycles. The highest BCUT2D eigenvalue weighted by molar-refractivity contribution is 7.10. The van der Waals surface area contributed by atoms with Crippen molar-refractivity contribution in [1.29, 1.82) is 0 Å². The molecule has 1 heterocycles. The third-order valence-electron chi connectivity index (χ3n) is 5.66. The zero-order valence-corrected chi connectivity index (χ0v) is 19.4. The summed E-state index contributed by atoms with van der Waals surface area (Å²) >= 11 is 1.60. The van der Waals surface area contributed by atoms with Crippen LogP contribution in [0.5, 0.6) is 5.75 Å². The third kappa shape index (κ3) is 6.42. The summed E-state index contributed by atoms with van der Waals surface area (Å²) in [6.07, 6.45) is 1.79. The van der Waals surface area contributed by atoms with E-state index in [-0.39, 0.29) is 36.8 Å². The lowest BCUT2D eigenvalue weighted by atomic mass is 10.2. The van der Waals surface area contributed by atoms with Gasteiger partial charge in [-0.1, -0.05) is 30.3 Å². The van der Waals surface area contributed by atoms with Gasteiger partial charge in [-0.2, -0.15) is 0 Å². The number of thiophene rings is 1. The van der Waals surface area contributed by atoms with E-state index in [9.17, 15) is 14.0 Å². The molecule has 7 heteroatoms. The Hall–Kier alpha value is -3.19. The van der Waals surface area contributed by atoms with Crippen molar-refractivity contribution in [1.82, 2.24) is 9.80 Å². The molecular formula is C26H27FN2O3S. The summed E-state index contributed by atoms with van der Waals surface area (Å²) in [5, 5.41) is 2.01. The number of nitrogens with zero attached hydrogens (tertiary/aromatic N) is 2. The van der Waals surface area contributed by atoms with E-state index in [0.29, 0.717) is 18.8 Å². The van der Waals surface area contributed by atoms with Gasteiger partial charge in [-0.05, 0) is 66.6 Å². The van der Waals surface area contributed by atoms with E-state index in [1.54, 1.807) is 45.4 Å². The number of rotatable bonds is 10. The number of aryl methyl sites for hydroxylation is 1. The lowest BCUT2D eigenvalue weighted by Crippen LogP contribution is -2.45. The van der Waals surface area contributed by atoms with Gasteiger partial charge >= 0.3 is 0 Å². The maximum absolute atomic E-state index is 13.4. The predicted octanol–water partition coefficient (Wildman–Crippen LogP) is 4.79. The van der Waals surface area contributed by atoms with Gasteiger partial charge in [0.1, 0.15) is 18.1 Å². The van der Waals surface area contributed by atoms with Crippen molar-refractivity contribution in [3.05, 3.63) is 87.9 Å². The van der Waals surface area contributed by atoms with E-state index in [1.807, 2.05) is 36.6 Å². The Morgan fingerprint density at radius 3 is 2.36 bits per heavy atom. The lowest BCUT2D eigenvalue weighted by Gasteiger charge is -2.28. The molecule has 4 rings (SSSR count). The molecule has 0 spiro atoms. The van der Waals surface area contributed by atoms with Crippen molar-refractivity contribution in [3.8, 4) is 5.75 Å². The largest absolute Gasteiger partial charge is 0.484 e. The molecule has 0 unspecified atom stereocenters. The summed E-state index contributed by atoms with van der Waals surface area (Å²) in [6.45, 7) is 2.73. The summed E-state index contributed by atoms with van der Waals surface area (Å²) < 4.78 is 19.0. The number of halogens is 1. The van der Waals surface area contributed by atoms with Gasteiger partial charge in [-0.3, -0.25) is 9.59 Å². The minimum absolute atomic E-state index is 0.00721. The molecule has 2 aromatic carbocycles. The van der Waals surface area contributed by atoms with Gasteiger partial charge in [0, 0.05) is 17.5 Å². The van der Waals surface area contributed by atoms with Crippen molar-refractivity contribution in [3.63, 3.8) is 0 Å². The van der Waals surface area contributed by atoms with Gasteiger partial charge in [0.2, 0.25) is 5.91 Å². The van der Waals surface area contributed by atoms with Crippen LogP contribution in [0.15, 0.2) is 66.0 Å². The number of carbonyl (C=O) groups is 2. The van der Waals surface area contributed by atoms with Crippen molar-refractivity contribution in [2.75, 3.05) is 13.2 Å². The summed E-state index contributed by atoms with van der Waals surface area (Å²) in [4.78, 5) is 30.8. The molecule has 172 valence electrons. The molecule has 1 aliphatic rings. The summed E-state index contributed by atoms with van der Waals surface area (Å²) in [7, 11) is 0. The molecule has 0 bridgehead atoms. The van der Waals surface area contributed by atoms with Crippen LogP contribution in [0, 0.1) is 12.7 Å². The van der Waals surface area contributed by atoms with Crippen LogP contribution in [0.2, 0.25) is 0 Å². The average Bonchev–Trinajstić information content (AvgIpc) is 3.59. The van der Waals surface area contributed by atoms with Crippen LogP contribution < -0.4 is 4.74 Å². The molecule has 0 N–H and O–H groups in total. The number of carbonyl (C=O) groups excluding carboxylic acids is 2. The summed E-state index contributed by atoms with van der Waals surface area (Å²) in [6, 6.07) is 17.5. The smallest absolute Gasteiger partial charge is 0.261 e. The number of ether oxygens (including phenoxy) is 1. The average molecular weight is 467 g/mol. The van der Waals surface area contributed by atoms with Crippen LogP contribution in [0.25, 0.3) is 0 Å². The van der Waals surface area contributed by atoms with E-state index in [1.165, 1.54) is 12.1 Å². The fourth-order valence-corrected chi connectivity index (χ4v) is 4.50. The maximum Gasteiger partial charge on any atom is 0.261 e. The number of amides is 2. The zero-order chi connectivity index (χ0) is 23.2. The van der Waals surface area contributed by atoms with Crippen molar-refractivity contribution in [2.24, 2.45) is 0 Å². The zero-order valence-electron chi connectivity index (χ0n) is 18.6. The van der Waals surface area contributed by atoms with Gasteiger partial charge in [0.25, 0.3) is 5.91 Å². The maximum atomic E-state index is 13.4. The molecule has 2 amide bonds. The lowest BCUT2D eigenvalue weighted by molar-refractivity contribution is -0.142. The Morgan fingerprint density at radius 2 is 1.73 bits per heavy atom. The number of hydrogen-bond donors (Lipinski definition) is 0. The third-order valence-corrected chi connectivity index (χ3v) is 6.67. The van der Waals surface area contributed by atoms with E-state index in [2.05, 4.69) is 0 Å². The Balaban J connectivity index is 1.45. The van der Waals surface area contributed by atoms with Gasteiger partial charge in [0.15, 0.2) is 6.61 Å². The highest BCUT2D eigenvalue weighted by atomic mass is 32.1. The van der Waals surface area contributed by atoms with Gasteiger partial charge in [-0.25, -0.2) is 4.39 Å². The molecule has 0 atom stereocenters. The van der Waals surface area contributed by atoms with Crippen LogP contribution >= 0.6 is 11.3 Å². The van der Waals surface area contributed by atoms with Gasteiger partial charge in [0.05, 0.1) is 6.54 Å². The Morgan fingerprint density at radius 1 is 1.00 bits per heavy atom. The first-order valence-corrected chi connectivity index (χ1v) is 11.9. The Kier molecular flexibility index (Phi) is 7.40. The van der Waals surface area contributed by atoms with Gasteiger partial charge < -0.3 is 14.5 Å². The number of para-hydroxylation sites is 1. The highest BCUT2D eigenvalue weighted by Gasteiger charge is 2.35. The molecule has 5 nitrogen and oxygen atoms in total. The second kappa shape index (κ2) is 10.6. The first-order chi connectivity index (χ1) is 16.0. The van der Waals surface area contributed by atoms with Gasteiger partial charge in [-0.15, -0.1) is 11.3 Å². The van der Waals surface area contributed by atoms with Crippen LogP contribution in [0.3, 0.4) is 0 Å². The normalized spacial score (nSPS) is 12.9. The molecule has 3 aromatic rings. The van der Waals surface area contributed by atoms with Crippen molar-refractivity contribution < 1.29 is 18.7 Å². The van der Waals surface area contributed by atoms with E-state index in [0.717, 1.165) is 28.8 Å². The van der Waals surface area contributed by atoms with Crippen LogP contribution in [0.1, 0.15) is 28.8 Å². The molecule has 1 aliphatic carbocycles. The van der Waals surface area contributed by atoms with E-state index < -0.39 is 0 Å². The van der Waals surface area contributed by atoms with Crippen LogP contribution in [-0.4, -0.2) is 40.8 Å².